The average molecular weight is 272 g/mol. The number of aliphatic hydroxyl groups excluding tert-OH is 1. The number of hydrogen-bond acceptors (Lipinski definition) is 3. The number of rotatable bonds is 2. The summed E-state index contributed by atoms with van der Waals surface area (Å²) in [6.45, 7) is 3.72. The third-order valence-electron chi connectivity index (χ3n) is 3.63. The zero-order valence-corrected chi connectivity index (χ0v) is 11.7. The third-order valence-corrected chi connectivity index (χ3v) is 3.63. The van der Waals surface area contributed by atoms with Crippen molar-refractivity contribution in [1.82, 2.24) is 4.90 Å². The Morgan fingerprint density at radius 1 is 1.55 bits per heavy atom. The summed E-state index contributed by atoms with van der Waals surface area (Å²) in [7, 11) is 0. The average Bonchev–Trinajstić information content (AvgIpc) is 2.94. The molecule has 0 aromatic heterocycles. The van der Waals surface area contributed by atoms with Crippen LogP contribution in [-0.2, 0) is 0 Å². The fourth-order valence-corrected chi connectivity index (χ4v) is 2.42. The van der Waals surface area contributed by atoms with Crippen molar-refractivity contribution in [3.8, 4) is 11.8 Å². The summed E-state index contributed by atoms with van der Waals surface area (Å²) in [6.07, 6.45) is 0.869. The first-order chi connectivity index (χ1) is 9.65. The summed E-state index contributed by atoms with van der Waals surface area (Å²) < 4.78 is 0. The molecule has 0 saturated carbocycles. The standard InChI is InChI=1S/C16H20N2O2/c1-12-4-5-13(3-2-7-17)9-15(12)16(20)18-8-6-14(10-18)11-19/h4-5,9,14,19H,6-8,10-11,17H2,1H3. The van der Waals surface area contributed by atoms with Crippen LogP contribution in [0.3, 0.4) is 0 Å². The van der Waals surface area contributed by atoms with E-state index in [9.17, 15) is 4.79 Å². The molecule has 1 amide bonds. The molecule has 1 atom stereocenters. The molecule has 1 aromatic carbocycles. The van der Waals surface area contributed by atoms with Gasteiger partial charge in [0.25, 0.3) is 5.91 Å². The molecule has 106 valence electrons. The summed E-state index contributed by atoms with van der Waals surface area (Å²) in [5, 5.41) is 9.16. The number of nitrogens with two attached hydrogens (primary N) is 1. The lowest BCUT2D eigenvalue weighted by atomic mass is 10.0. The highest BCUT2D eigenvalue weighted by Crippen LogP contribution is 2.20. The number of aryl methyl sites for hydroxylation is 1. The number of carbonyl (C=O) groups is 1. The van der Waals surface area contributed by atoms with Crippen LogP contribution in [0.25, 0.3) is 0 Å². The van der Waals surface area contributed by atoms with E-state index >= 15 is 0 Å². The Morgan fingerprint density at radius 3 is 3.00 bits per heavy atom. The molecule has 1 fully saturated rings. The molecule has 1 aliphatic rings. The zero-order chi connectivity index (χ0) is 14.5. The number of hydrogen-bond donors (Lipinski definition) is 2. The van der Waals surface area contributed by atoms with Crippen LogP contribution in [0.1, 0.15) is 27.9 Å². The minimum absolute atomic E-state index is 0.0230. The van der Waals surface area contributed by atoms with Gasteiger partial charge in [0.2, 0.25) is 0 Å². The van der Waals surface area contributed by atoms with Crippen LogP contribution in [0.4, 0.5) is 0 Å². The topological polar surface area (TPSA) is 66.6 Å². The van der Waals surface area contributed by atoms with Crippen molar-refractivity contribution in [2.75, 3.05) is 26.2 Å². The molecule has 1 unspecified atom stereocenters. The lowest BCUT2D eigenvalue weighted by Crippen LogP contribution is -2.29. The van der Waals surface area contributed by atoms with E-state index in [1.165, 1.54) is 0 Å². The number of aliphatic hydroxyl groups is 1. The van der Waals surface area contributed by atoms with Crippen LogP contribution in [0.5, 0.6) is 0 Å². The van der Waals surface area contributed by atoms with Gasteiger partial charge in [-0.2, -0.15) is 0 Å². The van der Waals surface area contributed by atoms with Crippen molar-refractivity contribution in [3.63, 3.8) is 0 Å². The first kappa shape index (κ1) is 14.6. The lowest BCUT2D eigenvalue weighted by Gasteiger charge is -2.17. The Bertz CT molecular complexity index is 557. The van der Waals surface area contributed by atoms with Gasteiger partial charge in [0, 0.05) is 36.7 Å². The van der Waals surface area contributed by atoms with Crippen molar-refractivity contribution in [1.29, 1.82) is 0 Å². The molecule has 1 saturated heterocycles. The minimum atomic E-state index is 0.0230. The fourth-order valence-electron chi connectivity index (χ4n) is 2.42. The molecule has 2 rings (SSSR count). The summed E-state index contributed by atoms with van der Waals surface area (Å²) >= 11 is 0. The van der Waals surface area contributed by atoms with Crippen LogP contribution in [0.15, 0.2) is 18.2 Å². The van der Waals surface area contributed by atoms with Gasteiger partial charge in [0.15, 0.2) is 0 Å². The van der Waals surface area contributed by atoms with Gasteiger partial charge in [-0.1, -0.05) is 17.9 Å². The molecule has 0 bridgehead atoms. The molecular weight excluding hydrogens is 252 g/mol. The summed E-state index contributed by atoms with van der Waals surface area (Å²) in [5.41, 5.74) is 7.80. The van der Waals surface area contributed by atoms with E-state index < -0.39 is 0 Å². The highest BCUT2D eigenvalue weighted by Gasteiger charge is 2.27. The van der Waals surface area contributed by atoms with Crippen molar-refractivity contribution < 1.29 is 9.90 Å². The molecule has 4 nitrogen and oxygen atoms in total. The predicted molar refractivity (Wildman–Crippen MR) is 78.2 cm³/mol. The molecule has 0 aliphatic carbocycles. The molecule has 1 aliphatic heterocycles. The summed E-state index contributed by atoms with van der Waals surface area (Å²) in [4.78, 5) is 14.3. The summed E-state index contributed by atoms with van der Waals surface area (Å²) in [6, 6.07) is 5.63. The molecule has 0 spiro atoms. The van der Waals surface area contributed by atoms with Crippen molar-refractivity contribution >= 4 is 5.91 Å². The number of benzene rings is 1. The van der Waals surface area contributed by atoms with Crippen LogP contribution in [0, 0.1) is 24.7 Å². The van der Waals surface area contributed by atoms with Gasteiger partial charge in [0.05, 0.1) is 6.54 Å². The Labute approximate surface area is 119 Å². The van der Waals surface area contributed by atoms with E-state index in [0.717, 1.165) is 17.5 Å². The van der Waals surface area contributed by atoms with E-state index in [-0.39, 0.29) is 18.4 Å². The normalized spacial score (nSPS) is 17.8. The highest BCUT2D eigenvalue weighted by atomic mass is 16.3. The van der Waals surface area contributed by atoms with Gasteiger partial charge in [-0.05, 0) is 31.0 Å². The second-order valence-electron chi connectivity index (χ2n) is 5.12. The second kappa shape index (κ2) is 6.56. The van der Waals surface area contributed by atoms with Crippen molar-refractivity contribution in [2.45, 2.75) is 13.3 Å². The Hall–Kier alpha value is -1.83. The SMILES string of the molecule is Cc1ccc(C#CCN)cc1C(=O)N1CCC(CO)C1. The van der Waals surface area contributed by atoms with E-state index in [4.69, 9.17) is 10.8 Å². The lowest BCUT2D eigenvalue weighted by molar-refractivity contribution is 0.0781. The predicted octanol–water partition coefficient (Wildman–Crippen LogP) is 0.760. The first-order valence-electron chi connectivity index (χ1n) is 6.85. The van der Waals surface area contributed by atoms with E-state index in [1.807, 2.05) is 30.0 Å². The maximum absolute atomic E-state index is 12.5. The van der Waals surface area contributed by atoms with E-state index in [2.05, 4.69) is 11.8 Å². The van der Waals surface area contributed by atoms with Gasteiger partial charge in [-0.15, -0.1) is 0 Å². The summed E-state index contributed by atoms with van der Waals surface area (Å²) in [5.74, 6) is 5.98. The zero-order valence-electron chi connectivity index (χ0n) is 11.7. The second-order valence-corrected chi connectivity index (χ2v) is 5.12. The minimum Gasteiger partial charge on any atom is -0.396 e. The number of carbonyl (C=O) groups excluding carboxylic acids is 1. The maximum atomic E-state index is 12.5. The van der Waals surface area contributed by atoms with Gasteiger partial charge in [-0.3, -0.25) is 4.79 Å². The van der Waals surface area contributed by atoms with Gasteiger partial charge < -0.3 is 15.7 Å². The molecule has 4 heteroatoms. The quantitative estimate of drug-likeness (QED) is 0.781. The largest absolute Gasteiger partial charge is 0.396 e. The molecule has 20 heavy (non-hydrogen) atoms. The number of nitrogens with zero attached hydrogens (tertiary/aromatic N) is 1. The molecule has 1 heterocycles. The monoisotopic (exact) mass is 272 g/mol. The molecule has 3 N–H and O–H groups in total. The molecule has 0 radical (unpaired) electrons. The van der Waals surface area contributed by atoms with Crippen LogP contribution in [-0.4, -0.2) is 42.2 Å². The van der Waals surface area contributed by atoms with E-state index in [0.29, 0.717) is 25.2 Å². The van der Waals surface area contributed by atoms with Crippen molar-refractivity contribution in [3.05, 3.63) is 34.9 Å². The third kappa shape index (κ3) is 3.19. The first-order valence-corrected chi connectivity index (χ1v) is 6.85. The fraction of sp³-hybridized carbons (Fsp3) is 0.438. The van der Waals surface area contributed by atoms with Crippen LogP contribution >= 0.6 is 0 Å². The van der Waals surface area contributed by atoms with Gasteiger partial charge in [-0.25, -0.2) is 0 Å². The molecular formula is C16H20N2O2. The Balaban J connectivity index is 2.21. The Morgan fingerprint density at radius 2 is 2.35 bits per heavy atom. The van der Waals surface area contributed by atoms with E-state index in [1.54, 1.807) is 0 Å². The highest BCUT2D eigenvalue weighted by molar-refractivity contribution is 5.96. The smallest absolute Gasteiger partial charge is 0.254 e. The van der Waals surface area contributed by atoms with Crippen LogP contribution in [0.2, 0.25) is 0 Å². The number of amides is 1. The molecule has 1 aromatic rings. The van der Waals surface area contributed by atoms with Crippen molar-refractivity contribution in [2.24, 2.45) is 11.7 Å². The number of likely N-dealkylation sites (tertiary alicyclic amines) is 1. The van der Waals surface area contributed by atoms with Gasteiger partial charge in [0.1, 0.15) is 0 Å². The van der Waals surface area contributed by atoms with Gasteiger partial charge >= 0.3 is 0 Å². The maximum Gasteiger partial charge on any atom is 0.254 e. The van der Waals surface area contributed by atoms with Crippen LogP contribution < -0.4 is 5.73 Å². The Kier molecular flexibility index (Phi) is 4.78.